The number of carbonyl (C=O) groups excluding carboxylic acids is 1. The van der Waals surface area contributed by atoms with E-state index in [0.29, 0.717) is 12.1 Å². The lowest BCUT2D eigenvalue weighted by atomic mass is 10.0. The minimum atomic E-state index is -0.0649. The SMILES string of the molecule is CCCN1CCN(CCCNC(=O)c2ccc3nc(-c4ccccc4)c(-c4ccccc4)nc3c2)CC1. The predicted molar refractivity (Wildman–Crippen MR) is 151 cm³/mol. The van der Waals surface area contributed by atoms with Crippen molar-refractivity contribution in [2.45, 2.75) is 19.8 Å². The number of aromatic nitrogens is 2. The van der Waals surface area contributed by atoms with Crippen molar-refractivity contribution in [2.75, 3.05) is 45.8 Å². The van der Waals surface area contributed by atoms with Crippen LogP contribution in [-0.2, 0) is 0 Å². The van der Waals surface area contributed by atoms with E-state index in [1.807, 2.05) is 66.7 Å². The molecule has 0 aliphatic carbocycles. The summed E-state index contributed by atoms with van der Waals surface area (Å²) >= 11 is 0. The zero-order valence-corrected chi connectivity index (χ0v) is 21.6. The van der Waals surface area contributed by atoms with Gasteiger partial charge in [-0.1, -0.05) is 67.6 Å². The molecule has 6 nitrogen and oxygen atoms in total. The Morgan fingerprint density at radius 1 is 0.757 bits per heavy atom. The van der Waals surface area contributed by atoms with Gasteiger partial charge in [0.2, 0.25) is 0 Å². The molecule has 6 heteroatoms. The van der Waals surface area contributed by atoms with E-state index in [9.17, 15) is 4.79 Å². The number of hydrogen-bond acceptors (Lipinski definition) is 5. The van der Waals surface area contributed by atoms with Gasteiger partial charge in [0.15, 0.2) is 0 Å². The molecule has 1 N–H and O–H groups in total. The Hall–Kier alpha value is -3.61. The van der Waals surface area contributed by atoms with Crippen LogP contribution in [0.3, 0.4) is 0 Å². The lowest BCUT2D eigenvalue weighted by Crippen LogP contribution is -2.47. The summed E-state index contributed by atoms with van der Waals surface area (Å²) in [4.78, 5) is 27.9. The van der Waals surface area contributed by atoms with E-state index in [1.54, 1.807) is 0 Å². The second kappa shape index (κ2) is 12.1. The fourth-order valence-electron chi connectivity index (χ4n) is 4.95. The molecule has 2 heterocycles. The van der Waals surface area contributed by atoms with Gasteiger partial charge in [0, 0.05) is 49.4 Å². The fraction of sp³-hybridized carbons (Fsp3) is 0.323. The van der Waals surface area contributed by atoms with Gasteiger partial charge in [-0.2, -0.15) is 0 Å². The summed E-state index contributed by atoms with van der Waals surface area (Å²) in [7, 11) is 0. The molecular formula is C31H35N5O. The van der Waals surface area contributed by atoms with Crippen molar-refractivity contribution in [1.29, 1.82) is 0 Å². The van der Waals surface area contributed by atoms with Crippen LogP contribution in [0.15, 0.2) is 78.9 Å². The molecule has 0 spiro atoms. The van der Waals surface area contributed by atoms with E-state index in [1.165, 1.54) is 13.0 Å². The summed E-state index contributed by atoms with van der Waals surface area (Å²) < 4.78 is 0. The summed E-state index contributed by atoms with van der Waals surface area (Å²) in [6.07, 6.45) is 2.17. The lowest BCUT2D eigenvalue weighted by molar-refractivity contribution is 0.0948. The van der Waals surface area contributed by atoms with Gasteiger partial charge in [-0.3, -0.25) is 4.79 Å². The largest absolute Gasteiger partial charge is 0.352 e. The van der Waals surface area contributed by atoms with Crippen LogP contribution in [0.2, 0.25) is 0 Å². The van der Waals surface area contributed by atoms with Crippen LogP contribution in [0.4, 0.5) is 0 Å². The standard InChI is InChI=1S/C31H35N5O/c1-2-17-35-19-21-36(22-20-35)18-9-16-32-31(37)26-14-15-27-28(23-26)34-30(25-12-7-4-8-13-25)29(33-27)24-10-5-3-6-11-24/h3-8,10-15,23H,2,9,16-22H2,1H3,(H,32,37). The normalized spacial score (nSPS) is 14.6. The van der Waals surface area contributed by atoms with Crippen molar-refractivity contribution in [3.05, 3.63) is 84.4 Å². The Balaban J connectivity index is 1.27. The molecule has 0 saturated carbocycles. The molecule has 1 aliphatic rings. The third-order valence-corrected chi connectivity index (χ3v) is 6.96. The van der Waals surface area contributed by atoms with E-state index in [0.717, 1.165) is 72.7 Å². The molecule has 1 aliphatic heterocycles. The smallest absolute Gasteiger partial charge is 0.251 e. The molecule has 4 aromatic rings. The van der Waals surface area contributed by atoms with Crippen molar-refractivity contribution in [2.24, 2.45) is 0 Å². The van der Waals surface area contributed by atoms with Crippen LogP contribution in [0.25, 0.3) is 33.5 Å². The van der Waals surface area contributed by atoms with Crippen LogP contribution in [-0.4, -0.2) is 71.5 Å². The zero-order chi connectivity index (χ0) is 25.5. The molecule has 190 valence electrons. The number of fused-ring (bicyclic) bond motifs is 1. The average molecular weight is 494 g/mol. The van der Waals surface area contributed by atoms with E-state index in [2.05, 4.69) is 34.2 Å². The lowest BCUT2D eigenvalue weighted by Gasteiger charge is -2.34. The molecule has 0 atom stereocenters. The highest BCUT2D eigenvalue weighted by atomic mass is 16.1. The van der Waals surface area contributed by atoms with Gasteiger partial charge in [0.25, 0.3) is 5.91 Å². The maximum Gasteiger partial charge on any atom is 0.251 e. The summed E-state index contributed by atoms with van der Waals surface area (Å²) in [5.41, 5.74) is 5.78. The van der Waals surface area contributed by atoms with Crippen LogP contribution in [0.1, 0.15) is 30.1 Å². The molecular weight excluding hydrogens is 458 g/mol. The van der Waals surface area contributed by atoms with Gasteiger partial charge in [0.1, 0.15) is 0 Å². The Labute approximate surface area is 219 Å². The van der Waals surface area contributed by atoms with Crippen molar-refractivity contribution < 1.29 is 4.79 Å². The molecule has 0 radical (unpaired) electrons. The van der Waals surface area contributed by atoms with Crippen molar-refractivity contribution in [3.63, 3.8) is 0 Å². The highest BCUT2D eigenvalue weighted by Crippen LogP contribution is 2.31. The third-order valence-electron chi connectivity index (χ3n) is 6.96. The minimum absolute atomic E-state index is 0.0649. The zero-order valence-electron chi connectivity index (χ0n) is 21.6. The fourth-order valence-corrected chi connectivity index (χ4v) is 4.95. The number of nitrogens with zero attached hydrogens (tertiary/aromatic N) is 4. The van der Waals surface area contributed by atoms with Crippen molar-refractivity contribution in [1.82, 2.24) is 25.1 Å². The first-order valence-electron chi connectivity index (χ1n) is 13.4. The Kier molecular flexibility index (Phi) is 8.18. The summed E-state index contributed by atoms with van der Waals surface area (Å²) in [6, 6.07) is 25.8. The molecule has 0 bridgehead atoms. The number of benzene rings is 3. The second-order valence-electron chi connectivity index (χ2n) is 9.65. The molecule has 1 fully saturated rings. The van der Waals surface area contributed by atoms with Crippen LogP contribution in [0, 0.1) is 0 Å². The van der Waals surface area contributed by atoms with Gasteiger partial charge < -0.3 is 15.1 Å². The first-order valence-corrected chi connectivity index (χ1v) is 13.4. The van der Waals surface area contributed by atoms with Crippen molar-refractivity contribution >= 4 is 16.9 Å². The van der Waals surface area contributed by atoms with E-state index < -0.39 is 0 Å². The molecule has 5 rings (SSSR count). The van der Waals surface area contributed by atoms with Gasteiger partial charge >= 0.3 is 0 Å². The number of rotatable bonds is 9. The Bertz CT molecular complexity index is 1320. The number of piperazine rings is 1. The van der Waals surface area contributed by atoms with E-state index in [-0.39, 0.29) is 5.91 Å². The van der Waals surface area contributed by atoms with Crippen LogP contribution in [0.5, 0.6) is 0 Å². The number of carbonyl (C=O) groups is 1. The van der Waals surface area contributed by atoms with Crippen LogP contribution < -0.4 is 5.32 Å². The summed E-state index contributed by atoms with van der Waals surface area (Å²) in [5, 5.41) is 3.09. The van der Waals surface area contributed by atoms with Gasteiger partial charge in [-0.25, -0.2) is 9.97 Å². The highest BCUT2D eigenvalue weighted by Gasteiger charge is 2.17. The Morgan fingerprint density at radius 2 is 1.32 bits per heavy atom. The molecule has 37 heavy (non-hydrogen) atoms. The molecule has 1 aromatic heterocycles. The molecule has 3 aromatic carbocycles. The highest BCUT2D eigenvalue weighted by molar-refractivity contribution is 5.98. The summed E-state index contributed by atoms with van der Waals surface area (Å²) in [5.74, 6) is -0.0649. The molecule has 1 saturated heterocycles. The van der Waals surface area contributed by atoms with Gasteiger partial charge in [-0.15, -0.1) is 0 Å². The van der Waals surface area contributed by atoms with Gasteiger partial charge in [0.05, 0.1) is 22.4 Å². The first kappa shape index (κ1) is 25.1. The molecule has 1 amide bonds. The Morgan fingerprint density at radius 3 is 1.92 bits per heavy atom. The molecule has 0 unspecified atom stereocenters. The number of hydrogen-bond donors (Lipinski definition) is 1. The third kappa shape index (κ3) is 6.21. The average Bonchev–Trinajstić information content (AvgIpc) is 2.96. The first-order chi connectivity index (χ1) is 18.2. The number of amides is 1. The predicted octanol–water partition coefficient (Wildman–Crippen LogP) is 5.11. The van der Waals surface area contributed by atoms with E-state index >= 15 is 0 Å². The second-order valence-corrected chi connectivity index (χ2v) is 9.65. The monoisotopic (exact) mass is 493 g/mol. The van der Waals surface area contributed by atoms with Gasteiger partial charge in [-0.05, 0) is 44.1 Å². The van der Waals surface area contributed by atoms with Crippen molar-refractivity contribution in [3.8, 4) is 22.5 Å². The maximum atomic E-state index is 12.9. The minimum Gasteiger partial charge on any atom is -0.352 e. The van der Waals surface area contributed by atoms with Crippen LogP contribution >= 0.6 is 0 Å². The number of nitrogens with one attached hydrogen (secondary N) is 1. The quantitative estimate of drug-likeness (QED) is 0.328. The topological polar surface area (TPSA) is 61.4 Å². The maximum absolute atomic E-state index is 12.9. The van der Waals surface area contributed by atoms with E-state index in [4.69, 9.17) is 9.97 Å². The summed E-state index contributed by atoms with van der Waals surface area (Å²) in [6.45, 7) is 9.65.